The Kier molecular flexibility index (Phi) is 9.90. The number of aliphatic imine (C=N–C) groups is 1. The van der Waals surface area contributed by atoms with Crippen LogP contribution in [-0.4, -0.2) is 58.5 Å². The Hall–Kier alpha value is -2.33. The van der Waals surface area contributed by atoms with Gasteiger partial charge in [0.1, 0.15) is 5.60 Å². The third kappa shape index (κ3) is 11.3. The molecule has 0 aliphatic heterocycles. The molecule has 0 aliphatic carbocycles. The molecule has 9 nitrogen and oxygen atoms in total. The van der Waals surface area contributed by atoms with Crippen LogP contribution in [0.25, 0.3) is 0 Å². The summed E-state index contributed by atoms with van der Waals surface area (Å²) in [6.07, 6.45) is 0.276. The van der Waals surface area contributed by atoms with Crippen molar-refractivity contribution in [2.75, 3.05) is 37.8 Å². The van der Waals surface area contributed by atoms with Crippen LogP contribution in [0.2, 0.25) is 0 Å². The monoisotopic (exact) mass is 427 g/mol. The summed E-state index contributed by atoms with van der Waals surface area (Å²) in [7, 11) is -1.53. The van der Waals surface area contributed by atoms with Crippen LogP contribution in [-0.2, 0) is 21.2 Å². The number of carbonyl (C=O) groups excluding carboxylic acids is 1. The van der Waals surface area contributed by atoms with Gasteiger partial charge >= 0.3 is 6.09 Å². The number of sulfonamides is 1. The van der Waals surface area contributed by atoms with Gasteiger partial charge in [0.15, 0.2) is 5.96 Å². The molecule has 4 N–H and O–H groups in total. The van der Waals surface area contributed by atoms with E-state index in [9.17, 15) is 13.2 Å². The number of nitrogens with zero attached hydrogens (tertiary/aromatic N) is 1. The van der Waals surface area contributed by atoms with Gasteiger partial charge in [-0.15, -0.1) is 0 Å². The average Bonchev–Trinajstić information content (AvgIpc) is 2.63. The van der Waals surface area contributed by atoms with Gasteiger partial charge in [0, 0.05) is 32.4 Å². The zero-order valence-corrected chi connectivity index (χ0v) is 18.6. The molecule has 29 heavy (non-hydrogen) atoms. The van der Waals surface area contributed by atoms with E-state index in [0.717, 1.165) is 12.0 Å². The first-order chi connectivity index (χ1) is 13.5. The summed E-state index contributed by atoms with van der Waals surface area (Å²) < 4.78 is 30.5. The molecule has 0 fully saturated rings. The zero-order chi connectivity index (χ0) is 21.9. The van der Waals surface area contributed by atoms with Crippen LogP contribution in [0, 0.1) is 0 Å². The topological polar surface area (TPSA) is 121 Å². The quantitative estimate of drug-likeness (QED) is 0.270. The summed E-state index contributed by atoms with van der Waals surface area (Å²) in [6.45, 7) is 8.42. The Labute approximate surface area is 173 Å². The molecule has 1 rings (SSSR count). The van der Waals surface area contributed by atoms with Gasteiger partial charge in [-0.25, -0.2) is 17.9 Å². The Balaban J connectivity index is 2.35. The molecule has 0 bridgehead atoms. The lowest BCUT2D eigenvalue weighted by molar-refractivity contribution is 0.0636. The van der Waals surface area contributed by atoms with Crippen molar-refractivity contribution in [2.45, 2.75) is 39.7 Å². The number of hydrogen-bond acceptors (Lipinski definition) is 5. The standard InChI is InChI=1S/C19H33N5O4S/c1-6-29(26,27)23-14-13-22-17(20-5)21-12-11-15-7-9-16(10-8-15)24-18(25)28-19(2,3)4/h7-10,23H,6,11-14H2,1-5H3,(H,24,25)(H2,20,21,22). The van der Waals surface area contributed by atoms with Gasteiger partial charge in [-0.3, -0.25) is 10.3 Å². The summed E-state index contributed by atoms with van der Waals surface area (Å²) >= 11 is 0. The molecule has 1 aromatic rings. The molecule has 1 aromatic carbocycles. The minimum absolute atomic E-state index is 0.0616. The van der Waals surface area contributed by atoms with Crippen molar-refractivity contribution < 1.29 is 17.9 Å². The van der Waals surface area contributed by atoms with Gasteiger partial charge in [0.25, 0.3) is 0 Å². The Bertz CT molecular complexity index is 771. The van der Waals surface area contributed by atoms with E-state index in [1.165, 1.54) is 0 Å². The van der Waals surface area contributed by atoms with Crippen molar-refractivity contribution in [3.8, 4) is 0 Å². The van der Waals surface area contributed by atoms with E-state index in [4.69, 9.17) is 4.74 Å². The predicted octanol–water partition coefficient (Wildman–Crippen LogP) is 1.68. The van der Waals surface area contributed by atoms with Crippen LogP contribution in [0.4, 0.5) is 10.5 Å². The molecular weight excluding hydrogens is 394 g/mol. The molecule has 1 amide bonds. The largest absolute Gasteiger partial charge is 0.444 e. The first-order valence-electron chi connectivity index (χ1n) is 9.55. The second-order valence-corrected chi connectivity index (χ2v) is 9.39. The second kappa shape index (κ2) is 11.6. The second-order valence-electron chi connectivity index (χ2n) is 7.30. The van der Waals surface area contributed by atoms with Crippen molar-refractivity contribution in [3.05, 3.63) is 29.8 Å². The van der Waals surface area contributed by atoms with Crippen LogP contribution < -0.4 is 20.7 Å². The summed E-state index contributed by atoms with van der Waals surface area (Å²) in [5.74, 6) is 0.662. The number of anilines is 1. The maximum atomic E-state index is 11.8. The fourth-order valence-electron chi connectivity index (χ4n) is 2.21. The highest BCUT2D eigenvalue weighted by Crippen LogP contribution is 2.13. The number of amides is 1. The number of carbonyl (C=O) groups is 1. The predicted molar refractivity (Wildman–Crippen MR) is 117 cm³/mol. The number of benzene rings is 1. The first kappa shape index (κ1) is 24.7. The van der Waals surface area contributed by atoms with Crippen molar-refractivity contribution in [1.29, 1.82) is 0 Å². The molecule has 0 aliphatic rings. The van der Waals surface area contributed by atoms with E-state index in [1.807, 2.05) is 45.0 Å². The van der Waals surface area contributed by atoms with Crippen molar-refractivity contribution in [3.63, 3.8) is 0 Å². The number of hydrogen-bond donors (Lipinski definition) is 4. The highest BCUT2D eigenvalue weighted by Gasteiger charge is 2.16. The molecule has 0 saturated heterocycles. The van der Waals surface area contributed by atoms with Crippen molar-refractivity contribution in [1.82, 2.24) is 15.4 Å². The zero-order valence-electron chi connectivity index (χ0n) is 17.8. The average molecular weight is 428 g/mol. The number of rotatable bonds is 9. The van der Waals surface area contributed by atoms with Gasteiger partial charge in [-0.2, -0.15) is 0 Å². The molecule has 0 heterocycles. The summed E-state index contributed by atoms with van der Waals surface area (Å²) in [4.78, 5) is 15.9. The minimum Gasteiger partial charge on any atom is -0.444 e. The molecule has 0 atom stereocenters. The fourth-order valence-corrected chi connectivity index (χ4v) is 2.83. The van der Waals surface area contributed by atoms with Crippen molar-refractivity contribution in [2.24, 2.45) is 4.99 Å². The number of nitrogens with one attached hydrogen (secondary N) is 4. The van der Waals surface area contributed by atoms with Gasteiger partial charge < -0.3 is 15.4 Å². The van der Waals surface area contributed by atoms with Gasteiger partial charge in [-0.1, -0.05) is 12.1 Å². The van der Waals surface area contributed by atoms with Crippen LogP contribution in [0.15, 0.2) is 29.3 Å². The van der Waals surface area contributed by atoms with Crippen LogP contribution in [0.1, 0.15) is 33.3 Å². The van der Waals surface area contributed by atoms with E-state index in [1.54, 1.807) is 14.0 Å². The maximum absolute atomic E-state index is 11.8. The fraction of sp³-hybridized carbons (Fsp3) is 0.579. The molecule has 0 saturated carbocycles. The molecule has 0 unspecified atom stereocenters. The molecule has 0 spiro atoms. The minimum atomic E-state index is -3.18. The number of guanidine groups is 1. The normalized spacial score (nSPS) is 12.4. The van der Waals surface area contributed by atoms with E-state index in [0.29, 0.717) is 31.3 Å². The molecular formula is C19H33N5O4S. The molecule has 10 heteroatoms. The number of ether oxygens (including phenoxy) is 1. The van der Waals surface area contributed by atoms with E-state index >= 15 is 0 Å². The Morgan fingerprint density at radius 3 is 2.24 bits per heavy atom. The lowest BCUT2D eigenvalue weighted by Crippen LogP contribution is -2.42. The van der Waals surface area contributed by atoms with Gasteiger partial charge in [0.05, 0.1) is 5.75 Å². The molecule has 0 aromatic heterocycles. The van der Waals surface area contributed by atoms with Crippen LogP contribution in [0.5, 0.6) is 0 Å². The summed E-state index contributed by atoms with van der Waals surface area (Å²) in [6, 6.07) is 7.52. The Morgan fingerprint density at radius 1 is 1.07 bits per heavy atom. The van der Waals surface area contributed by atoms with Crippen LogP contribution in [0.3, 0.4) is 0 Å². The highest BCUT2D eigenvalue weighted by molar-refractivity contribution is 7.89. The SMILES string of the molecule is CCS(=O)(=O)NCCNC(=NC)NCCc1ccc(NC(=O)OC(C)(C)C)cc1. The van der Waals surface area contributed by atoms with E-state index in [2.05, 4.69) is 25.7 Å². The first-order valence-corrected chi connectivity index (χ1v) is 11.2. The Morgan fingerprint density at radius 2 is 1.69 bits per heavy atom. The lowest BCUT2D eigenvalue weighted by atomic mass is 10.1. The summed E-state index contributed by atoms with van der Waals surface area (Å²) in [5, 5.41) is 8.92. The maximum Gasteiger partial charge on any atom is 0.412 e. The van der Waals surface area contributed by atoms with Crippen molar-refractivity contribution >= 4 is 27.8 Å². The highest BCUT2D eigenvalue weighted by atomic mass is 32.2. The van der Waals surface area contributed by atoms with Gasteiger partial charge in [0.2, 0.25) is 10.0 Å². The van der Waals surface area contributed by atoms with E-state index in [-0.39, 0.29) is 5.75 Å². The molecule has 0 radical (unpaired) electrons. The molecule has 164 valence electrons. The summed E-state index contributed by atoms with van der Waals surface area (Å²) in [5.41, 5.74) is 1.23. The van der Waals surface area contributed by atoms with Gasteiger partial charge in [-0.05, 0) is 51.8 Å². The van der Waals surface area contributed by atoms with Crippen LogP contribution >= 0.6 is 0 Å². The smallest absolute Gasteiger partial charge is 0.412 e. The lowest BCUT2D eigenvalue weighted by Gasteiger charge is -2.19. The third-order valence-electron chi connectivity index (χ3n) is 3.65. The van der Waals surface area contributed by atoms with E-state index < -0.39 is 21.7 Å². The third-order valence-corrected chi connectivity index (χ3v) is 5.05.